The number of benzene rings is 1. The van der Waals surface area contributed by atoms with Gasteiger partial charge in [0.2, 0.25) is 0 Å². The second kappa shape index (κ2) is 8.19. The summed E-state index contributed by atoms with van der Waals surface area (Å²) in [5.41, 5.74) is 0.655. The summed E-state index contributed by atoms with van der Waals surface area (Å²) >= 11 is 0. The number of rotatable bonds is 7. The van der Waals surface area contributed by atoms with Crippen LogP contribution >= 0.6 is 0 Å². The average Bonchev–Trinajstić information content (AvgIpc) is 2.49. The van der Waals surface area contributed by atoms with E-state index in [1.165, 1.54) is 6.08 Å². The number of carbonyl (C=O) groups excluding carboxylic acids is 1. The molecule has 5 nitrogen and oxygen atoms in total. The number of ether oxygens (including phenoxy) is 4. The van der Waals surface area contributed by atoms with Gasteiger partial charge in [-0.3, -0.25) is 0 Å². The van der Waals surface area contributed by atoms with E-state index in [4.69, 9.17) is 18.9 Å². The Hall–Kier alpha value is -2.17. The quantitative estimate of drug-likeness (QED) is 0.571. The average molecular weight is 294 g/mol. The van der Waals surface area contributed by atoms with E-state index in [1.807, 2.05) is 13.8 Å². The summed E-state index contributed by atoms with van der Waals surface area (Å²) in [5, 5.41) is 0. The fourth-order valence-corrected chi connectivity index (χ4v) is 1.65. The Bertz CT molecular complexity index is 480. The van der Waals surface area contributed by atoms with Gasteiger partial charge >= 0.3 is 5.97 Å². The Labute approximate surface area is 125 Å². The molecule has 0 amide bonds. The van der Waals surface area contributed by atoms with Crippen molar-refractivity contribution in [3.8, 4) is 17.2 Å². The maximum atomic E-state index is 11.6. The standard InChI is InChI=1S/C16H22O5/c1-11(2)10-21-16(17)7-6-13-14(19-4)8-12(18-3)9-15(13)20-5/h6-9,11H,10H2,1-5H3. The van der Waals surface area contributed by atoms with Gasteiger partial charge in [-0.2, -0.15) is 0 Å². The van der Waals surface area contributed by atoms with Gasteiger partial charge in [0.05, 0.1) is 33.5 Å². The van der Waals surface area contributed by atoms with Crippen LogP contribution in [0.2, 0.25) is 0 Å². The molecule has 116 valence electrons. The second-order valence-corrected chi connectivity index (χ2v) is 4.80. The zero-order valence-corrected chi connectivity index (χ0v) is 13.1. The van der Waals surface area contributed by atoms with Crippen molar-refractivity contribution in [2.45, 2.75) is 13.8 Å². The molecule has 0 aliphatic rings. The lowest BCUT2D eigenvalue weighted by Gasteiger charge is -2.12. The Morgan fingerprint density at radius 1 is 1.10 bits per heavy atom. The molecule has 0 bridgehead atoms. The van der Waals surface area contributed by atoms with Gasteiger partial charge in [-0.15, -0.1) is 0 Å². The predicted molar refractivity (Wildman–Crippen MR) is 80.9 cm³/mol. The minimum absolute atomic E-state index is 0.299. The predicted octanol–water partition coefficient (Wildman–Crippen LogP) is 2.92. The molecule has 0 atom stereocenters. The molecular formula is C16H22O5. The van der Waals surface area contributed by atoms with Gasteiger partial charge < -0.3 is 18.9 Å². The second-order valence-electron chi connectivity index (χ2n) is 4.80. The third-order valence-electron chi connectivity index (χ3n) is 2.70. The van der Waals surface area contributed by atoms with Gasteiger partial charge in [0.25, 0.3) is 0 Å². The number of methoxy groups -OCH3 is 3. The molecule has 1 aromatic carbocycles. The summed E-state index contributed by atoms with van der Waals surface area (Å²) in [6, 6.07) is 3.45. The first-order valence-electron chi connectivity index (χ1n) is 6.66. The van der Waals surface area contributed by atoms with Crippen molar-refractivity contribution in [3.05, 3.63) is 23.8 Å². The lowest BCUT2D eigenvalue weighted by atomic mass is 10.1. The summed E-state index contributed by atoms with van der Waals surface area (Å²) < 4.78 is 20.8. The van der Waals surface area contributed by atoms with Crippen LogP contribution in [0.5, 0.6) is 17.2 Å². The number of esters is 1. The van der Waals surface area contributed by atoms with E-state index in [1.54, 1.807) is 39.5 Å². The molecule has 1 rings (SSSR count). The molecule has 0 aromatic heterocycles. The Morgan fingerprint density at radius 2 is 1.67 bits per heavy atom. The molecule has 0 spiro atoms. The molecule has 0 radical (unpaired) electrons. The first-order valence-corrected chi connectivity index (χ1v) is 6.66. The van der Waals surface area contributed by atoms with Gasteiger partial charge in [0, 0.05) is 18.2 Å². The smallest absolute Gasteiger partial charge is 0.330 e. The highest BCUT2D eigenvalue weighted by molar-refractivity contribution is 5.88. The van der Waals surface area contributed by atoms with E-state index in [-0.39, 0.29) is 0 Å². The van der Waals surface area contributed by atoms with Crippen LogP contribution in [0.1, 0.15) is 19.4 Å². The van der Waals surface area contributed by atoms with Crippen LogP contribution < -0.4 is 14.2 Å². The lowest BCUT2D eigenvalue weighted by Crippen LogP contribution is -2.07. The van der Waals surface area contributed by atoms with Gasteiger partial charge in [-0.25, -0.2) is 4.79 Å². The Morgan fingerprint density at radius 3 is 2.10 bits per heavy atom. The van der Waals surface area contributed by atoms with Crippen LogP contribution in [-0.2, 0) is 9.53 Å². The number of carbonyl (C=O) groups is 1. The van der Waals surface area contributed by atoms with Gasteiger partial charge in [0.1, 0.15) is 17.2 Å². The molecule has 0 saturated carbocycles. The Balaban J connectivity index is 2.98. The lowest BCUT2D eigenvalue weighted by molar-refractivity contribution is -0.138. The van der Waals surface area contributed by atoms with E-state index in [2.05, 4.69) is 0 Å². The zero-order chi connectivity index (χ0) is 15.8. The minimum Gasteiger partial charge on any atom is -0.496 e. The van der Waals surface area contributed by atoms with Crippen LogP contribution in [0.3, 0.4) is 0 Å². The highest BCUT2D eigenvalue weighted by Crippen LogP contribution is 2.34. The molecule has 0 heterocycles. The van der Waals surface area contributed by atoms with Crippen LogP contribution in [-0.4, -0.2) is 33.9 Å². The maximum Gasteiger partial charge on any atom is 0.330 e. The number of hydrogen-bond donors (Lipinski definition) is 0. The van der Waals surface area contributed by atoms with Gasteiger partial charge in [-0.1, -0.05) is 13.8 Å². The monoisotopic (exact) mass is 294 g/mol. The highest BCUT2D eigenvalue weighted by Gasteiger charge is 2.11. The van der Waals surface area contributed by atoms with E-state index in [0.29, 0.717) is 35.3 Å². The summed E-state index contributed by atoms with van der Waals surface area (Å²) in [5.74, 6) is 1.62. The molecule has 0 N–H and O–H groups in total. The van der Waals surface area contributed by atoms with Crippen LogP contribution in [0.4, 0.5) is 0 Å². The van der Waals surface area contributed by atoms with E-state index >= 15 is 0 Å². The molecule has 21 heavy (non-hydrogen) atoms. The van der Waals surface area contributed by atoms with Crippen LogP contribution in [0, 0.1) is 5.92 Å². The van der Waals surface area contributed by atoms with Crippen LogP contribution in [0.25, 0.3) is 6.08 Å². The SMILES string of the molecule is COc1cc(OC)c(C=CC(=O)OCC(C)C)c(OC)c1. The topological polar surface area (TPSA) is 54.0 Å². The van der Waals surface area contributed by atoms with Crippen molar-refractivity contribution in [1.82, 2.24) is 0 Å². The molecule has 0 unspecified atom stereocenters. The summed E-state index contributed by atoms with van der Waals surface area (Å²) in [4.78, 5) is 11.6. The van der Waals surface area contributed by atoms with Crippen molar-refractivity contribution >= 4 is 12.0 Å². The minimum atomic E-state index is -0.399. The van der Waals surface area contributed by atoms with Gasteiger partial charge in [0.15, 0.2) is 0 Å². The third-order valence-corrected chi connectivity index (χ3v) is 2.70. The summed E-state index contributed by atoms with van der Waals surface area (Å²) in [6.45, 7) is 4.35. The van der Waals surface area contributed by atoms with Gasteiger partial charge in [-0.05, 0) is 12.0 Å². The normalized spacial score (nSPS) is 10.8. The largest absolute Gasteiger partial charge is 0.496 e. The molecule has 1 aromatic rings. The highest BCUT2D eigenvalue weighted by atomic mass is 16.5. The van der Waals surface area contributed by atoms with Crippen molar-refractivity contribution in [1.29, 1.82) is 0 Å². The molecular weight excluding hydrogens is 272 g/mol. The molecule has 0 saturated heterocycles. The summed E-state index contributed by atoms with van der Waals surface area (Å²) in [7, 11) is 4.65. The molecule has 0 fully saturated rings. The maximum absolute atomic E-state index is 11.6. The Kier molecular flexibility index (Phi) is 6.59. The van der Waals surface area contributed by atoms with E-state index in [0.717, 1.165) is 0 Å². The molecule has 0 aliphatic heterocycles. The van der Waals surface area contributed by atoms with Crippen molar-refractivity contribution < 1.29 is 23.7 Å². The zero-order valence-electron chi connectivity index (χ0n) is 13.1. The van der Waals surface area contributed by atoms with Crippen molar-refractivity contribution in [2.24, 2.45) is 5.92 Å². The summed E-state index contributed by atoms with van der Waals surface area (Å²) in [6.07, 6.45) is 2.97. The van der Waals surface area contributed by atoms with Crippen LogP contribution in [0.15, 0.2) is 18.2 Å². The fourth-order valence-electron chi connectivity index (χ4n) is 1.65. The molecule has 0 aliphatic carbocycles. The first-order chi connectivity index (χ1) is 10.0. The van der Waals surface area contributed by atoms with E-state index < -0.39 is 5.97 Å². The third kappa shape index (κ3) is 5.02. The van der Waals surface area contributed by atoms with E-state index in [9.17, 15) is 4.79 Å². The first kappa shape index (κ1) is 16.9. The fraction of sp³-hybridized carbons (Fsp3) is 0.438. The number of hydrogen-bond acceptors (Lipinski definition) is 5. The van der Waals surface area contributed by atoms with Crippen molar-refractivity contribution in [3.63, 3.8) is 0 Å². The van der Waals surface area contributed by atoms with Crippen molar-refractivity contribution in [2.75, 3.05) is 27.9 Å². The molecule has 5 heteroatoms.